The smallest absolute Gasteiger partial charge is 0.294 e. The number of amidine groups is 1. The first kappa shape index (κ1) is 21.7. The summed E-state index contributed by atoms with van der Waals surface area (Å²) in [5.74, 6) is 0.820. The van der Waals surface area contributed by atoms with Crippen LogP contribution in [0, 0.1) is 0 Å². The van der Waals surface area contributed by atoms with Crippen molar-refractivity contribution in [1.82, 2.24) is 4.90 Å². The van der Waals surface area contributed by atoms with Gasteiger partial charge in [0, 0.05) is 18.2 Å². The Morgan fingerprint density at radius 2 is 1.97 bits per heavy atom. The standard InChI is InChI=1S/C18H17ClN2O5S3/c1-4-21-17(22)14(9-11-5-6-12(25-2)10-13(11)26-3)27-18(21)20-29(23,24)16-8-7-15(19)28-16/h5-10H,4H2,1-3H3. The van der Waals surface area contributed by atoms with E-state index in [0.717, 1.165) is 23.1 Å². The molecule has 0 atom stereocenters. The third-order valence-corrected chi connectivity index (χ3v) is 8.02. The van der Waals surface area contributed by atoms with Crippen LogP contribution in [0.2, 0.25) is 4.34 Å². The van der Waals surface area contributed by atoms with E-state index in [1.807, 2.05) is 0 Å². The number of hydrogen-bond acceptors (Lipinski definition) is 7. The van der Waals surface area contributed by atoms with Gasteiger partial charge in [-0.3, -0.25) is 9.69 Å². The fourth-order valence-corrected chi connectivity index (χ4v) is 6.21. The first-order valence-corrected chi connectivity index (χ1v) is 11.8. The summed E-state index contributed by atoms with van der Waals surface area (Å²) in [7, 11) is -0.902. The second-order valence-corrected chi connectivity index (χ2v) is 10.2. The molecule has 0 bridgehead atoms. The third kappa shape index (κ3) is 4.61. The lowest BCUT2D eigenvalue weighted by atomic mass is 10.1. The van der Waals surface area contributed by atoms with Gasteiger partial charge in [0.1, 0.15) is 15.7 Å². The highest BCUT2D eigenvalue weighted by atomic mass is 35.5. The van der Waals surface area contributed by atoms with Gasteiger partial charge < -0.3 is 9.47 Å². The fourth-order valence-electron chi connectivity index (χ4n) is 2.52. The highest BCUT2D eigenvalue weighted by Crippen LogP contribution is 2.36. The lowest BCUT2D eigenvalue weighted by Gasteiger charge is -2.11. The summed E-state index contributed by atoms with van der Waals surface area (Å²) in [6.07, 6.45) is 1.64. The lowest BCUT2D eigenvalue weighted by Crippen LogP contribution is -2.29. The van der Waals surface area contributed by atoms with Crippen LogP contribution in [0.1, 0.15) is 12.5 Å². The zero-order valence-corrected chi connectivity index (χ0v) is 18.9. The number of likely N-dealkylation sites (N-methyl/N-ethyl adjacent to an activating group) is 1. The third-order valence-electron chi connectivity index (χ3n) is 3.93. The number of thioether (sulfide) groups is 1. The highest BCUT2D eigenvalue weighted by molar-refractivity contribution is 8.19. The molecule has 0 unspecified atom stereocenters. The van der Waals surface area contributed by atoms with Crippen molar-refractivity contribution in [2.75, 3.05) is 20.8 Å². The molecule has 29 heavy (non-hydrogen) atoms. The minimum absolute atomic E-state index is 0.0216. The largest absolute Gasteiger partial charge is 0.497 e. The minimum atomic E-state index is -3.97. The molecule has 2 heterocycles. The van der Waals surface area contributed by atoms with E-state index >= 15 is 0 Å². The van der Waals surface area contributed by atoms with E-state index in [9.17, 15) is 13.2 Å². The first-order chi connectivity index (χ1) is 13.8. The highest BCUT2D eigenvalue weighted by Gasteiger charge is 2.34. The molecule has 2 aromatic rings. The number of hydrogen-bond donors (Lipinski definition) is 0. The predicted molar refractivity (Wildman–Crippen MR) is 116 cm³/mol. The molecule has 1 aromatic heterocycles. The second-order valence-electron chi connectivity index (χ2n) is 5.68. The van der Waals surface area contributed by atoms with E-state index in [1.54, 1.807) is 38.3 Å². The molecular formula is C18H17ClN2O5S3. The molecule has 1 aliphatic heterocycles. The number of carbonyl (C=O) groups is 1. The molecule has 1 amide bonds. The summed E-state index contributed by atoms with van der Waals surface area (Å²) in [6.45, 7) is 2.03. The quantitative estimate of drug-likeness (QED) is 0.588. The normalized spacial score (nSPS) is 17.4. The monoisotopic (exact) mass is 472 g/mol. The Balaban J connectivity index is 1.98. The summed E-state index contributed by atoms with van der Waals surface area (Å²) in [5, 5.41) is 0.0979. The molecule has 0 N–H and O–H groups in total. The van der Waals surface area contributed by atoms with Crippen LogP contribution >= 0.6 is 34.7 Å². The fraction of sp³-hybridized carbons (Fsp3) is 0.222. The van der Waals surface area contributed by atoms with Gasteiger partial charge in [0.2, 0.25) is 0 Å². The van der Waals surface area contributed by atoms with Crippen molar-refractivity contribution in [3.8, 4) is 11.5 Å². The van der Waals surface area contributed by atoms with Gasteiger partial charge in [0.05, 0.1) is 23.5 Å². The molecule has 7 nitrogen and oxygen atoms in total. The van der Waals surface area contributed by atoms with Crippen LogP contribution in [0.3, 0.4) is 0 Å². The van der Waals surface area contributed by atoms with E-state index in [4.69, 9.17) is 21.1 Å². The van der Waals surface area contributed by atoms with Crippen LogP contribution in [0.5, 0.6) is 11.5 Å². The Bertz CT molecular complexity index is 1110. The summed E-state index contributed by atoms with van der Waals surface area (Å²) in [6, 6.07) is 8.09. The predicted octanol–water partition coefficient (Wildman–Crippen LogP) is 4.10. The van der Waals surface area contributed by atoms with Crippen LogP contribution in [-0.2, 0) is 14.8 Å². The van der Waals surface area contributed by atoms with Crippen molar-refractivity contribution in [3.05, 3.63) is 45.1 Å². The number of sulfonamides is 1. The Morgan fingerprint density at radius 3 is 2.55 bits per heavy atom. The van der Waals surface area contributed by atoms with Gasteiger partial charge >= 0.3 is 0 Å². The zero-order chi connectivity index (χ0) is 21.2. The molecule has 1 aliphatic rings. The van der Waals surface area contributed by atoms with E-state index in [1.165, 1.54) is 24.1 Å². The number of nitrogens with zero attached hydrogens (tertiary/aromatic N) is 2. The van der Waals surface area contributed by atoms with Crippen molar-refractivity contribution in [2.24, 2.45) is 4.40 Å². The maximum absolute atomic E-state index is 12.8. The van der Waals surface area contributed by atoms with Gasteiger partial charge in [-0.05, 0) is 49.0 Å². The number of halogens is 1. The maximum Gasteiger partial charge on any atom is 0.294 e. The Hall–Kier alpha value is -2.01. The summed E-state index contributed by atoms with van der Waals surface area (Å²) in [4.78, 5) is 14.4. The van der Waals surface area contributed by atoms with Gasteiger partial charge in [0.15, 0.2) is 5.17 Å². The van der Waals surface area contributed by atoms with E-state index in [-0.39, 0.29) is 21.8 Å². The molecule has 0 spiro atoms. The maximum atomic E-state index is 12.8. The Kier molecular flexibility index (Phi) is 6.57. The summed E-state index contributed by atoms with van der Waals surface area (Å²) >= 11 is 7.74. The molecule has 1 fully saturated rings. The van der Waals surface area contributed by atoms with Crippen molar-refractivity contribution in [2.45, 2.75) is 11.1 Å². The number of rotatable bonds is 6. The number of methoxy groups -OCH3 is 2. The molecule has 154 valence electrons. The molecule has 0 saturated carbocycles. The van der Waals surface area contributed by atoms with Crippen LogP contribution < -0.4 is 9.47 Å². The SMILES string of the molecule is CCN1C(=O)C(=Cc2ccc(OC)cc2OC)SC1=NS(=O)(=O)c1ccc(Cl)s1. The van der Waals surface area contributed by atoms with Gasteiger partial charge in [-0.15, -0.1) is 15.7 Å². The van der Waals surface area contributed by atoms with Gasteiger partial charge in [-0.25, -0.2) is 0 Å². The minimum Gasteiger partial charge on any atom is -0.497 e. The van der Waals surface area contributed by atoms with Crippen LogP contribution in [-0.4, -0.2) is 45.2 Å². The Morgan fingerprint density at radius 1 is 1.21 bits per heavy atom. The van der Waals surface area contributed by atoms with Crippen molar-refractivity contribution >= 4 is 61.9 Å². The van der Waals surface area contributed by atoms with Crippen molar-refractivity contribution in [1.29, 1.82) is 0 Å². The van der Waals surface area contributed by atoms with Crippen molar-refractivity contribution < 1.29 is 22.7 Å². The van der Waals surface area contributed by atoms with Gasteiger partial charge in [0.25, 0.3) is 15.9 Å². The van der Waals surface area contributed by atoms with Crippen molar-refractivity contribution in [3.63, 3.8) is 0 Å². The average molecular weight is 473 g/mol. The molecule has 3 rings (SSSR count). The van der Waals surface area contributed by atoms with Crippen LogP contribution in [0.4, 0.5) is 0 Å². The molecule has 1 saturated heterocycles. The summed E-state index contributed by atoms with van der Waals surface area (Å²) < 4.78 is 39.9. The van der Waals surface area contributed by atoms with E-state index in [0.29, 0.717) is 26.3 Å². The first-order valence-electron chi connectivity index (χ1n) is 8.32. The van der Waals surface area contributed by atoms with Gasteiger partial charge in [-0.2, -0.15) is 8.42 Å². The van der Waals surface area contributed by atoms with Crippen LogP contribution in [0.15, 0.2) is 43.8 Å². The average Bonchev–Trinajstić information content (AvgIpc) is 3.26. The number of ether oxygens (including phenoxy) is 2. The van der Waals surface area contributed by atoms with Gasteiger partial charge in [-0.1, -0.05) is 11.6 Å². The molecule has 11 heteroatoms. The molecule has 0 aliphatic carbocycles. The number of carbonyl (C=O) groups excluding carboxylic acids is 1. The second kappa shape index (κ2) is 8.78. The number of amides is 1. The van der Waals surface area contributed by atoms with E-state index in [2.05, 4.69) is 4.40 Å². The zero-order valence-electron chi connectivity index (χ0n) is 15.7. The van der Waals surface area contributed by atoms with E-state index < -0.39 is 10.0 Å². The Labute approximate surface area is 182 Å². The van der Waals surface area contributed by atoms with Crippen LogP contribution in [0.25, 0.3) is 6.08 Å². The topological polar surface area (TPSA) is 85.3 Å². The number of benzene rings is 1. The molecule has 1 aromatic carbocycles. The summed E-state index contributed by atoms with van der Waals surface area (Å²) in [5.41, 5.74) is 0.661. The number of thiophene rings is 1. The molecular weight excluding hydrogens is 456 g/mol. The molecule has 0 radical (unpaired) electrons. The lowest BCUT2D eigenvalue weighted by molar-refractivity contribution is -0.122.